The molecule has 1 saturated heterocycles. The van der Waals surface area contributed by atoms with Crippen LogP contribution >= 0.6 is 24.8 Å². The van der Waals surface area contributed by atoms with Crippen molar-refractivity contribution >= 4 is 36.4 Å². The second kappa shape index (κ2) is 13.5. The van der Waals surface area contributed by atoms with Crippen molar-refractivity contribution in [2.75, 3.05) is 25.5 Å². The van der Waals surface area contributed by atoms with Gasteiger partial charge in [0.15, 0.2) is 0 Å². The predicted octanol–water partition coefficient (Wildman–Crippen LogP) is 5.26. The lowest BCUT2D eigenvalue weighted by Crippen LogP contribution is -2.34. The van der Waals surface area contributed by atoms with Crippen molar-refractivity contribution in [1.82, 2.24) is 10.2 Å². The van der Waals surface area contributed by atoms with Crippen molar-refractivity contribution < 1.29 is 4.79 Å². The van der Waals surface area contributed by atoms with E-state index >= 15 is 0 Å². The van der Waals surface area contributed by atoms with E-state index in [0.717, 1.165) is 25.3 Å². The van der Waals surface area contributed by atoms with Gasteiger partial charge in [0, 0.05) is 24.7 Å². The standard InChI is InChI=1S/C23H37N3O.2ClH/c1-18(19-10-8-14-24-16-19)15-23(27)25-22-13-7-6-9-20(22)17-26(2)21-11-4-3-5-12-21;;/h6-7,9,13,18-19,21,24H,3-5,8,10-12,14-17H2,1-2H3,(H,25,27);2*1H. The fraction of sp³-hybridized carbons (Fsp3) is 0.696. The number of carbonyl (C=O) groups excluding carboxylic acids is 1. The number of rotatable bonds is 7. The fourth-order valence-corrected chi connectivity index (χ4v) is 4.72. The zero-order chi connectivity index (χ0) is 19.1. The van der Waals surface area contributed by atoms with Crippen LogP contribution in [0, 0.1) is 11.8 Å². The van der Waals surface area contributed by atoms with Gasteiger partial charge in [0.25, 0.3) is 0 Å². The molecule has 0 bridgehead atoms. The predicted molar refractivity (Wildman–Crippen MR) is 127 cm³/mol. The molecule has 0 aromatic heterocycles. The molecule has 29 heavy (non-hydrogen) atoms. The van der Waals surface area contributed by atoms with E-state index in [9.17, 15) is 4.79 Å². The maximum Gasteiger partial charge on any atom is 0.224 e. The number of halogens is 2. The summed E-state index contributed by atoms with van der Waals surface area (Å²) in [6.07, 6.45) is 9.76. The zero-order valence-electron chi connectivity index (χ0n) is 18.0. The number of nitrogens with one attached hydrogen (secondary N) is 2. The molecule has 2 N–H and O–H groups in total. The fourth-order valence-electron chi connectivity index (χ4n) is 4.72. The van der Waals surface area contributed by atoms with E-state index in [1.807, 2.05) is 6.07 Å². The molecule has 4 nitrogen and oxygen atoms in total. The highest BCUT2D eigenvalue weighted by atomic mass is 35.5. The molecule has 2 fully saturated rings. The third-order valence-corrected chi connectivity index (χ3v) is 6.56. The van der Waals surface area contributed by atoms with E-state index < -0.39 is 0 Å². The Bertz CT molecular complexity index is 602. The third-order valence-electron chi connectivity index (χ3n) is 6.56. The summed E-state index contributed by atoms with van der Waals surface area (Å²) >= 11 is 0. The second-order valence-electron chi connectivity index (χ2n) is 8.70. The Morgan fingerprint density at radius 1 is 1.14 bits per heavy atom. The molecule has 3 rings (SSSR count). The molecule has 1 heterocycles. The molecule has 0 radical (unpaired) electrons. The molecule has 2 unspecified atom stereocenters. The molecule has 1 aliphatic carbocycles. The highest BCUT2D eigenvalue weighted by Gasteiger charge is 2.23. The third kappa shape index (κ3) is 8.09. The van der Waals surface area contributed by atoms with Crippen LogP contribution in [0.3, 0.4) is 0 Å². The van der Waals surface area contributed by atoms with Crippen molar-refractivity contribution in [2.24, 2.45) is 11.8 Å². The number of amides is 1. The second-order valence-corrected chi connectivity index (χ2v) is 8.70. The molecule has 1 amide bonds. The van der Waals surface area contributed by atoms with Crippen LogP contribution < -0.4 is 10.6 Å². The molecule has 6 heteroatoms. The summed E-state index contributed by atoms with van der Waals surface area (Å²) in [5.74, 6) is 1.20. The summed E-state index contributed by atoms with van der Waals surface area (Å²) in [6, 6.07) is 8.99. The highest BCUT2D eigenvalue weighted by molar-refractivity contribution is 5.91. The van der Waals surface area contributed by atoms with Crippen LogP contribution in [0.2, 0.25) is 0 Å². The summed E-state index contributed by atoms with van der Waals surface area (Å²) in [4.78, 5) is 15.1. The Labute approximate surface area is 189 Å². The van der Waals surface area contributed by atoms with E-state index in [2.05, 4.69) is 47.7 Å². The summed E-state index contributed by atoms with van der Waals surface area (Å²) in [7, 11) is 2.23. The molecule has 1 aliphatic heterocycles. The van der Waals surface area contributed by atoms with Gasteiger partial charge in [-0.25, -0.2) is 0 Å². The van der Waals surface area contributed by atoms with Gasteiger partial charge in [0.2, 0.25) is 5.91 Å². The Morgan fingerprint density at radius 2 is 1.86 bits per heavy atom. The van der Waals surface area contributed by atoms with E-state index in [4.69, 9.17) is 0 Å². The Morgan fingerprint density at radius 3 is 2.55 bits per heavy atom. The molecule has 2 atom stereocenters. The quantitative estimate of drug-likeness (QED) is 0.603. The first kappa shape index (κ1) is 26.2. The van der Waals surface area contributed by atoms with Gasteiger partial charge in [-0.3, -0.25) is 9.69 Å². The summed E-state index contributed by atoms with van der Waals surface area (Å²) in [5, 5.41) is 6.67. The first-order valence-electron chi connectivity index (χ1n) is 10.9. The van der Waals surface area contributed by atoms with Gasteiger partial charge in [-0.2, -0.15) is 0 Å². The largest absolute Gasteiger partial charge is 0.326 e. The summed E-state index contributed by atoms with van der Waals surface area (Å²) in [6.45, 7) is 5.30. The normalized spacial score (nSPS) is 21.0. The highest BCUT2D eigenvalue weighted by Crippen LogP contribution is 2.26. The number of hydrogen-bond donors (Lipinski definition) is 2. The lowest BCUT2D eigenvalue weighted by molar-refractivity contribution is -0.117. The number of anilines is 1. The Kier molecular flexibility index (Phi) is 12.2. The number of nitrogens with zero attached hydrogens (tertiary/aromatic N) is 1. The van der Waals surface area contributed by atoms with Crippen LogP contribution in [0.5, 0.6) is 0 Å². The van der Waals surface area contributed by atoms with Gasteiger partial charge in [-0.15, -0.1) is 24.8 Å². The minimum Gasteiger partial charge on any atom is -0.326 e. The van der Waals surface area contributed by atoms with Crippen molar-refractivity contribution in [3.05, 3.63) is 29.8 Å². The van der Waals surface area contributed by atoms with Crippen LogP contribution in [0.1, 0.15) is 63.9 Å². The van der Waals surface area contributed by atoms with E-state index in [-0.39, 0.29) is 30.7 Å². The number of carbonyl (C=O) groups is 1. The Balaban J connectivity index is 0.00000210. The lowest BCUT2D eigenvalue weighted by atomic mass is 9.85. The van der Waals surface area contributed by atoms with E-state index in [1.54, 1.807) is 0 Å². The van der Waals surface area contributed by atoms with Crippen LogP contribution in [-0.2, 0) is 11.3 Å². The van der Waals surface area contributed by atoms with Crippen molar-refractivity contribution in [3.63, 3.8) is 0 Å². The maximum atomic E-state index is 12.7. The molecule has 166 valence electrons. The molecule has 1 aromatic rings. The van der Waals surface area contributed by atoms with Crippen LogP contribution in [0.15, 0.2) is 24.3 Å². The van der Waals surface area contributed by atoms with E-state index in [1.165, 1.54) is 50.5 Å². The number of benzene rings is 1. The summed E-state index contributed by atoms with van der Waals surface area (Å²) < 4.78 is 0. The SMILES string of the molecule is CC(CC(=O)Nc1ccccc1CN(C)C1CCCCC1)C1CCCNC1.Cl.Cl. The topological polar surface area (TPSA) is 44.4 Å². The minimum absolute atomic E-state index is 0. The van der Waals surface area contributed by atoms with Gasteiger partial charge in [-0.05, 0) is 69.3 Å². The smallest absolute Gasteiger partial charge is 0.224 e. The van der Waals surface area contributed by atoms with Crippen LogP contribution in [0.4, 0.5) is 5.69 Å². The van der Waals surface area contributed by atoms with Crippen molar-refractivity contribution in [2.45, 2.75) is 70.9 Å². The number of piperidine rings is 1. The minimum atomic E-state index is 0. The van der Waals surface area contributed by atoms with Gasteiger partial charge >= 0.3 is 0 Å². The monoisotopic (exact) mass is 443 g/mol. The zero-order valence-corrected chi connectivity index (χ0v) is 19.6. The van der Waals surface area contributed by atoms with Crippen molar-refractivity contribution in [3.8, 4) is 0 Å². The molecule has 1 saturated carbocycles. The van der Waals surface area contributed by atoms with Crippen molar-refractivity contribution in [1.29, 1.82) is 0 Å². The molecule has 2 aliphatic rings. The van der Waals surface area contributed by atoms with Gasteiger partial charge in [-0.1, -0.05) is 44.4 Å². The number of para-hydroxylation sites is 1. The Hall–Kier alpha value is -0.810. The first-order valence-corrected chi connectivity index (χ1v) is 10.9. The van der Waals surface area contributed by atoms with Gasteiger partial charge in [0.1, 0.15) is 0 Å². The molecular formula is C23H39Cl2N3O. The summed E-state index contributed by atoms with van der Waals surface area (Å²) in [5.41, 5.74) is 2.21. The average molecular weight is 444 g/mol. The molecular weight excluding hydrogens is 405 g/mol. The average Bonchev–Trinajstić information content (AvgIpc) is 2.70. The lowest BCUT2D eigenvalue weighted by Gasteiger charge is -2.31. The van der Waals surface area contributed by atoms with Gasteiger partial charge in [0.05, 0.1) is 0 Å². The van der Waals surface area contributed by atoms with Gasteiger partial charge < -0.3 is 10.6 Å². The molecule has 1 aromatic carbocycles. The maximum absolute atomic E-state index is 12.7. The van der Waals surface area contributed by atoms with E-state index in [0.29, 0.717) is 24.3 Å². The molecule has 0 spiro atoms. The number of hydrogen-bond acceptors (Lipinski definition) is 3. The van der Waals surface area contributed by atoms with Crippen LogP contribution in [-0.4, -0.2) is 37.0 Å². The first-order chi connectivity index (χ1) is 13.1. The van der Waals surface area contributed by atoms with Crippen LogP contribution in [0.25, 0.3) is 0 Å².